The molecule has 318 valence electrons. The van der Waals surface area contributed by atoms with Gasteiger partial charge in [-0.15, -0.1) is 21.5 Å². The molecule has 1 saturated carbocycles. The minimum Gasteiger partial charge on any atom is -0.507 e. The van der Waals surface area contributed by atoms with Crippen molar-refractivity contribution in [3.63, 3.8) is 0 Å². The number of likely N-dealkylation sites (tertiary alicyclic amines) is 2. The molecule has 0 bridgehead atoms. The fraction of sp³-hybridized carbons (Fsp3) is 0.435. The van der Waals surface area contributed by atoms with Gasteiger partial charge in [-0.05, 0) is 90.4 Å². The number of aryl methyl sites for hydroxylation is 2. The topological polar surface area (TPSA) is 183 Å². The minimum absolute atomic E-state index is 0.0663. The Labute approximate surface area is 358 Å². The van der Waals surface area contributed by atoms with Crippen molar-refractivity contribution in [2.75, 3.05) is 32.8 Å². The van der Waals surface area contributed by atoms with Crippen molar-refractivity contribution in [1.29, 1.82) is 0 Å². The zero-order valence-corrected chi connectivity index (χ0v) is 35.7. The monoisotopic (exact) mass is 844 g/mol. The average molecular weight is 845 g/mol. The van der Waals surface area contributed by atoms with Crippen LogP contribution >= 0.6 is 11.3 Å². The lowest BCUT2D eigenvalue weighted by molar-refractivity contribution is -0.141. The van der Waals surface area contributed by atoms with E-state index in [2.05, 4.69) is 42.5 Å². The van der Waals surface area contributed by atoms with Gasteiger partial charge in [0.05, 0.1) is 27.9 Å². The maximum absolute atomic E-state index is 14.1. The molecule has 6 heterocycles. The van der Waals surface area contributed by atoms with Crippen molar-refractivity contribution >= 4 is 34.2 Å². The number of aliphatic hydroxyl groups excluding tert-OH is 1. The fourth-order valence-electron chi connectivity index (χ4n) is 9.83. The zero-order valence-electron chi connectivity index (χ0n) is 34.9. The maximum Gasteiger partial charge on any atom is 0.254 e. The molecule has 0 spiro atoms. The van der Waals surface area contributed by atoms with Crippen LogP contribution in [0.1, 0.15) is 73.2 Å². The molecule has 9 rings (SSSR count). The number of fused-ring (bicyclic) bond motifs is 2. The molecule has 6 aromatic rings. The summed E-state index contributed by atoms with van der Waals surface area (Å²) < 4.78 is 11.8. The number of phenols is 1. The molecule has 2 saturated heterocycles. The molecule has 14 nitrogen and oxygen atoms in total. The van der Waals surface area contributed by atoms with Gasteiger partial charge in [0, 0.05) is 61.9 Å². The number of aliphatic hydroxyl groups is 1. The Kier molecular flexibility index (Phi) is 11.4. The van der Waals surface area contributed by atoms with Gasteiger partial charge >= 0.3 is 0 Å². The highest BCUT2D eigenvalue weighted by Crippen LogP contribution is 2.47. The van der Waals surface area contributed by atoms with Crippen molar-refractivity contribution in [2.45, 2.75) is 77.5 Å². The molecule has 0 radical (unpaired) electrons. The molecular formula is C46H52N8O6S. The van der Waals surface area contributed by atoms with E-state index >= 15 is 0 Å². The molecule has 4 N–H and O–H groups in total. The number of thiazole rings is 1. The summed E-state index contributed by atoms with van der Waals surface area (Å²) in [6, 6.07) is 18.1. The predicted molar refractivity (Wildman–Crippen MR) is 231 cm³/mol. The lowest BCUT2D eigenvalue weighted by Crippen LogP contribution is -2.48. The Morgan fingerprint density at radius 3 is 2.51 bits per heavy atom. The van der Waals surface area contributed by atoms with Crippen LogP contribution in [0.3, 0.4) is 0 Å². The molecular weight excluding hydrogens is 793 g/mol. The molecule has 6 atom stereocenters. The molecule has 3 fully saturated rings. The number of carbonyl (C=O) groups excluding carboxylic acids is 2. The van der Waals surface area contributed by atoms with Crippen LogP contribution in [0.4, 0.5) is 0 Å². The fourth-order valence-corrected chi connectivity index (χ4v) is 10.6. The van der Waals surface area contributed by atoms with Gasteiger partial charge in [0.1, 0.15) is 24.3 Å². The standard InChI is InChI=1S/C46H52N8O6S/c1-25(2)41(46(58)54-23-33(55)17-37(54)45(57)47-20-28-9-11-29(12-10-28)43-27(4)48-24-61-43)39-19-40(52-60-39)59-14-13-53-21-31-15-30(16-32(31)22-53)42-26(3)35-18-36(50-51-44(35)49-42)34-7-5-6-8-38(34)56/h5-12,18-19,24-25,30-33,37,41,55-56H,13-17,20-23H2,1-4H3,(H,47,57)(H,49,51)/t30-,31-,32+,33-,37+,41-/m1/s1. The number of aromatic amines is 1. The van der Waals surface area contributed by atoms with Crippen molar-refractivity contribution in [2.24, 2.45) is 17.8 Å². The van der Waals surface area contributed by atoms with Crippen LogP contribution in [-0.2, 0) is 16.1 Å². The summed E-state index contributed by atoms with van der Waals surface area (Å²) in [7, 11) is 0. The van der Waals surface area contributed by atoms with Gasteiger partial charge in [0.15, 0.2) is 11.4 Å². The summed E-state index contributed by atoms with van der Waals surface area (Å²) in [5.74, 6) is 1.05. The number of benzene rings is 2. The van der Waals surface area contributed by atoms with Crippen LogP contribution in [0.5, 0.6) is 11.6 Å². The number of hydrogen-bond donors (Lipinski definition) is 4. The van der Waals surface area contributed by atoms with Crippen molar-refractivity contribution in [3.05, 3.63) is 94.4 Å². The van der Waals surface area contributed by atoms with Crippen molar-refractivity contribution in [3.8, 4) is 33.3 Å². The highest BCUT2D eigenvalue weighted by Gasteiger charge is 2.44. The molecule has 2 aromatic carbocycles. The van der Waals surface area contributed by atoms with E-state index in [1.54, 1.807) is 29.5 Å². The van der Waals surface area contributed by atoms with Crippen LogP contribution in [0.15, 0.2) is 70.7 Å². The van der Waals surface area contributed by atoms with E-state index in [1.807, 2.05) is 68.7 Å². The normalized spacial score (nSPS) is 22.0. The first kappa shape index (κ1) is 40.7. The van der Waals surface area contributed by atoms with Crippen LogP contribution < -0.4 is 10.1 Å². The summed E-state index contributed by atoms with van der Waals surface area (Å²) in [4.78, 5) is 40.6. The van der Waals surface area contributed by atoms with Gasteiger partial charge in [-0.2, -0.15) is 0 Å². The first-order valence-corrected chi connectivity index (χ1v) is 22.1. The summed E-state index contributed by atoms with van der Waals surface area (Å²) in [5.41, 5.74) is 9.37. The van der Waals surface area contributed by atoms with E-state index in [-0.39, 0.29) is 36.4 Å². The number of nitrogens with one attached hydrogen (secondary N) is 2. The van der Waals surface area contributed by atoms with Gasteiger partial charge in [-0.1, -0.05) is 50.2 Å². The second-order valence-corrected chi connectivity index (χ2v) is 18.2. The first-order chi connectivity index (χ1) is 29.5. The molecule has 15 heteroatoms. The summed E-state index contributed by atoms with van der Waals surface area (Å²) in [6.45, 7) is 11.6. The third-order valence-corrected chi connectivity index (χ3v) is 13.9. The largest absolute Gasteiger partial charge is 0.507 e. The number of phenolic OH excluding ortho intramolecular Hbond substituents is 1. The van der Waals surface area contributed by atoms with Crippen LogP contribution in [0, 0.1) is 31.6 Å². The van der Waals surface area contributed by atoms with E-state index in [1.165, 1.54) is 16.2 Å². The number of carbonyl (C=O) groups is 2. The summed E-state index contributed by atoms with van der Waals surface area (Å²) >= 11 is 1.59. The quantitative estimate of drug-likeness (QED) is 0.0986. The van der Waals surface area contributed by atoms with Crippen molar-refractivity contribution < 1.29 is 29.1 Å². The summed E-state index contributed by atoms with van der Waals surface area (Å²) in [5, 5.41) is 38.1. The second kappa shape index (κ2) is 17.0. The number of aromatic nitrogens is 5. The van der Waals surface area contributed by atoms with E-state index in [0.29, 0.717) is 53.8 Å². The molecule has 0 unspecified atom stereocenters. The third-order valence-electron chi connectivity index (χ3n) is 13.0. The maximum atomic E-state index is 14.1. The summed E-state index contributed by atoms with van der Waals surface area (Å²) in [6.07, 6.45) is 1.56. The minimum atomic E-state index is -0.808. The number of H-pyrrole nitrogens is 1. The number of amides is 2. The van der Waals surface area contributed by atoms with Gasteiger partial charge in [0.2, 0.25) is 11.8 Å². The SMILES string of the molecule is Cc1ncsc1-c1ccc(CNC(=O)[C@@H]2C[C@@H](O)CN2C(=O)[C@@H](c2cc(OCCN3C[C@H]4C[C@@H](c5[nH]c6nnc(-c7ccccc7O)cc6c5C)C[C@H]4C3)no2)C(C)C)cc1. The van der Waals surface area contributed by atoms with E-state index in [9.17, 15) is 19.8 Å². The zero-order chi connectivity index (χ0) is 42.4. The van der Waals surface area contributed by atoms with Crippen molar-refractivity contribution in [1.82, 2.24) is 40.4 Å². The third kappa shape index (κ3) is 8.26. The number of para-hydroxylation sites is 1. The van der Waals surface area contributed by atoms with E-state index in [4.69, 9.17) is 9.26 Å². The molecule has 4 aromatic heterocycles. The number of nitrogens with zero attached hydrogens (tertiary/aromatic N) is 6. The Balaban J connectivity index is 0.764. The Morgan fingerprint density at radius 2 is 1.79 bits per heavy atom. The van der Waals surface area contributed by atoms with Gasteiger partial charge in [-0.3, -0.25) is 14.5 Å². The molecule has 61 heavy (non-hydrogen) atoms. The Morgan fingerprint density at radius 1 is 1.02 bits per heavy atom. The number of β-amino-alcohol motifs (C(OH)–C–C–N with tert-alkyl or cyclic N) is 1. The lowest BCUT2D eigenvalue weighted by atomic mass is 9.91. The van der Waals surface area contributed by atoms with Crippen LogP contribution in [-0.4, -0.2) is 102 Å². The number of hydrogen-bond acceptors (Lipinski definition) is 12. The van der Waals surface area contributed by atoms with Crippen LogP contribution in [0.25, 0.3) is 32.7 Å². The van der Waals surface area contributed by atoms with Gasteiger partial charge in [-0.25, -0.2) is 4.98 Å². The number of rotatable bonds is 13. The molecule has 1 aliphatic carbocycles. The highest BCUT2D eigenvalue weighted by molar-refractivity contribution is 7.13. The van der Waals surface area contributed by atoms with Gasteiger partial charge < -0.3 is 34.7 Å². The first-order valence-electron chi connectivity index (χ1n) is 21.2. The Bertz CT molecular complexity index is 2520. The smallest absolute Gasteiger partial charge is 0.254 e. The molecule has 2 aliphatic heterocycles. The van der Waals surface area contributed by atoms with E-state index < -0.39 is 18.1 Å². The van der Waals surface area contributed by atoms with Crippen LogP contribution in [0.2, 0.25) is 0 Å². The average Bonchev–Trinajstić information content (AvgIpc) is 4.11. The lowest BCUT2D eigenvalue weighted by Gasteiger charge is -2.28. The number of ether oxygens (including phenoxy) is 1. The van der Waals surface area contributed by atoms with E-state index in [0.717, 1.165) is 65.2 Å². The Hall–Kier alpha value is -5.64. The molecule has 3 aliphatic rings. The second-order valence-electron chi connectivity index (χ2n) is 17.3. The van der Waals surface area contributed by atoms with Gasteiger partial charge in [0.25, 0.3) is 5.88 Å². The predicted octanol–water partition coefficient (Wildman–Crippen LogP) is 6.58. The molecule has 2 amide bonds. The highest BCUT2D eigenvalue weighted by atomic mass is 32.1. The number of aromatic hydroxyl groups is 1.